The zero-order valence-electron chi connectivity index (χ0n) is 16.3. The maximum Gasteiger partial charge on any atom is 0.337 e. The quantitative estimate of drug-likeness (QED) is 0.761. The molecule has 3 rings (SSSR count). The minimum atomic E-state index is -1.06. The Balaban J connectivity index is 1.71. The molecule has 0 bridgehead atoms. The molecule has 0 aromatic carbocycles. The molecule has 0 unspecified atom stereocenters. The predicted octanol–water partition coefficient (Wildman–Crippen LogP) is 1.01. The van der Waals surface area contributed by atoms with Crippen molar-refractivity contribution >= 4 is 11.9 Å². The largest absolute Gasteiger partial charge is 0.478 e. The highest BCUT2D eigenvalue weighted by atomic mass is 16.5. The zero-order valence-corrected chi connectivity index (χ0v) is 16.3. The van der Waals surface area contributed by atoms with E-state index in [9.17, 15) is 9.59 Å². The highest BCUT2D eigenvalue weighted by Gasteiger charge is 2.34. The van der Waals surface area contributed by atoms with Crippen LogP contribution in [-0.4, -0.2) is 69.0 Å². The first kappa shape index (κ1) is 20.0. The van der Waals surface area contributed by atoms with Gasteiger partial charge in [-0.25, -0.2) is 9.78 Å². The number of amides is 1. The van der Waals surface area contributed by atoms with Crippen molar-refractivity contribution in [3.63, 3.8) is 0 Å². The Hall–Kier alpha value is -2.78. The van der Waals surface area contributed by atoms with Crippen LogP contribution in [0.2, 0.25) is 0 Å². The SMILES string of the molecule is CCN1CCO[C@@H](CNC(=O)c2ccc(C(=O)O)c(C)n2)[C@@H]1c1cnn(C)c1. The van der Waals surface area contributed by atoms with Crippen LogP contribution in [0.4, 0.5) is 0 Å². The molecule has 9 heteroatoms. The van der Waals surface area contributed by atoms with Gasteiger partial charge in [-0.05, 0) is 25.6 Å². The van der Waals surface area contributed by atoms with Crippen LogP contribution < -0.4 is 5.32 Å². The van der Waals surface area contributed by atoms with E-state index in [2.05, 4.69) is 27.2 Å². The van der Waals surface area contributed by atoms with Crippen LogP contribution >= 0.6 is 0 Å². The summed E-state index contributed by atoms with van der Waals surface area (Å²) in [5.74, 6) is -1.42. The van der Waals surface area contributed by atoms with E-state index in [4.69, 9.17) is 9.84 Å². The van der Waals surface area contributed by atoms with Crippen LogP contribution in [0.25, 0.3) is 0 Å². The van der Waals surface area contributed by atoms with Crippen molar-refractivity contribution < 1.29 is 19.4 Å². The van der Waals surface area contributed by atoms with Gasteiger partial charge in [-0.1, -0.05) is 6.92 Å². The lowest BCUT2D eigenvalue weighted by molar-refractivity contribution is -0.0685. The lowest BCUT2D eigenvalue weighted by Gasteiger charge is -2.40. The summed E-state index contributed by atoms with van der Waals surface area (Å²) in [6.45, 7) is 6.26. The molecule has 2 aromatic heterocycles. The number of nitrogens with one attached hydrogen (secondary N) is 1. The molecule has 1 aliphatic rings. The van der Waals surface area contributed by atoms with E-state index in [-0.39, 0.29) is 29.3 Å². The first-order valence-electron chi connectivity index (χ1n) is 9.24. The van der Waals surface area contributed by atoms with E-state index >= 15 is 0 Å². The van der Waals surface area contributed by atoms with E-state index < -0.39 is 5.97 Å². The molecule has 0 saturated carbocycles. The molecule has 2 aromatic rings. The Morgan fingerprint density at radius 1 is 1.39 bits per heavy atom. The van der Waals surface area contributed by atoms with Crippen LogP contribution in [0.1, 0.15) is 45.1 Å². The van der Waals surface area contributed by atoms with Gasteiger partial charge in [-0.2, -0.15) is 5.10 Å². The molecule has 1 amide bonds. The molecule has 1 saturated heterocycles. The average Bonchev–Trinajstić information content (AvgIpc) is 3.11. The number of likely N-dealkylation sites (N-methyl/N-ethyl adjacent to an activating group) is 1. The standard InChI is InChI=1S/C19H25N5O4/c1-4-24-7-8-28-16(17(24)13-9-21-23(3)11-13)10-20-18(25)15-6-5-14(19(26)27)12(2)22-15/h5-6,9,11,16-17H,4,7-8,10H2,1-3H3,(H,20,25)(H,26,27)/t16-,17-/m0/s1. The van der Waals surface area contributed by atoms with Gasteiger partial charge in [0, 0.05) is 31.9 Å². The number of pyridine rings is 1. The summed E-state index contributed by atoms with van der Waals surface area (Å²) in [5, 5.41) is 16.2. The topological polar surface area (TPSA) is 110 Å². The number of nitrogens with zero attached hydrogens (tertiary/aromatic N) is 4. The minimum Gasteiger partial charge on any atom is -0.478 e. The number of aromatic carboxylic acids is 1. The number of ether oxygens (including phenoxy) is 1. The molecular formula is C19H25N5O4. The van der Waals surface area contributed by atoms with Crippen molar-refractivity contribution in [3.05, 3.63) is 47.0 Å². The second kappa shape index (κ2) is 8.49. The number of carbonyl (C=O) groups excluding carboxylic acids is 1. The molecule has 0 radical (unpaired) electrons. The number of carboxylic acids is 1. The normalized spacial score (nSPS) is 20.1. The van der Waals surface area contributed by atoms with Crippen molar-refractivity contribution in [1.82, 2.24) is 25.0 Å². The molecule has 1 aliphatic heterocycles. The number of aryl methyl sites for hydroxylation is 2. The molecule has 3 heterocycles. The predicted molar refractivity (Wildman–Crippen MR) is 101 cm³/mol. The summed E-state index contributed by atoms with van der Waals surface area (Å²) in [7, 11) is 1.87. The van der Waals surface area contributed by atoms with E-state index in [0.29, 0.717) is 18.8 Å². The van der Waals surface area contributed by atoms with Gasteiger partial charge in [0.15, 0.2) is 0 Å². The maximum absolute atomic E-state index is 12.5. The van der Waals surface area contributed by atoms with Crippen molar-refractivity contribution in [3.8, 4) is 0 Å². The Morgan fingerprint density at radius 3 is 2.79 bits per heavy atom. The Morgan fingerprint density at radius 2 is 2.18 bits per heavy atom. The van der Waals surface area contributed by atoms with Gasteiger partial charge < -0.3 is 15.2 Å². The van der Waals surface area contributed by atoms with Gasteiger partial charge in [0.25, 0.3) is 5.91 Å². The van der Waals surface area contributed by atoms with Crippen molar-refractivity contribution in [2.75, 3.05) is 26.2 Å². The average molecular weight is 387 g/mol. The Bertz CT molecular complexity index is 866. The number of rotatable bonds is 6. The molecule has 2 N–H and O–H groups in total. The molecule has 2 atom stereocenters. The third-order valence-electron chi connectivity index (χ3n) is 4.94. The lowest BCUT2D eigenvalue weighted by atomic mass is 10.0. The van der Waals surface area contributed by atoms with Crippen molar-refractivity contribution in [2.24, 2.45) is 7.05 Å². The number of hydrogen-bond acceptors (Lipinski definition) is 6. The monoisotopic (exact) mass is 387 g/mol. The number of morpholine rings is 1. The number of hydrogen-bond donors (Lipinski definition) is 2. The summed E-state index contributed by atoms with van der Waals surface area (Å²) < 4.78 is 7.71. The van der Waals surface area contributed by atoms with E-state index in [1.54, 1.807) is 11.6 Å². The second-order valence-corrected chi connectivity index (χ2v) is 6.77. The molecule has 1 fully saturated rings. The van der Waals surface area contributed by atoms with Crippen molar-refractivity contribution in [1.29, 1.82) is 0 Å². The number of aromatic nitrogens is 3. The van der Waals surface area contributed by atoms with Crippen LogP contribution in [-0.2, 0) is 11.8 Å². The number of carbonyl (C=O) groups is 2. The fourth-order valence-corrected chi connectivity index (χ4v) is 3.53. The molecular weight excluding hydrogens is 362 g/mol. The highest BCUT2D eigenvalue weighted by Crippen LogP contribution is 2.28. The fourth-order valence-electron chi connectivity index (χ4n) is 3.53. The van der Waals surface area contributed by atoms with E-state index in [1.807, 2.05) is 19.4 Å². The van der Waals surface area contributed by atoms with E-state index in [0.717, 1.165) is 18.7 Å². The molecule has 150 valence electrons. The molecule has 28 heavy (non-hydrogen) atoms. The van der Waals surface area contributed by atoms with Crippen LogP contribution in [0.5, 0.6) is 0 Å². The Labute approximate surface area is 163 Å². The summed E-state index contributed by atoms with van der Waals surface area (Å²) in [6, 6.07) is 2.81. The van der Waals surface area contributed by atoms with Gasteiger partial charge in [0.2, 0.25) is 0 Å². The van der Waals surface area contributed by atoms with Crippen LogP contribution in [0, 0.1) is 6.92 Å². The first-order chi connectivity index (χ1) is 13.4. The van der Waals surface area contributed by atoms with Crippen LogP contribution in [0.15, 0.2) is 24.5 Å². The highest BCUT2D eigenvalue weighted by molar-refractivity contribution is 5.94. The maximum atomic E-state index is 12.5. The van der Waals surface area contributed by atoms with E-state index in [1.165, 1.54) is 12.1 Å². The second-order valence-electron chi connectivity index (χ2n) is 6.77. The minimum absolute atomic E-state index is 0.00293. The fraction of sp³-hybridized carbons (Fsp3) is 0.474. The van der Waals surface area contributed by atoms with Gasteiger partial charge in [0.1, 0.15) is 5.69 Å². The van der Waals surface area contributed by atoms with Gasteiger partial charge in [0.05, 0.1) is 36.2 Å². The summed E-state index contributed by atoms with van der Waals surface area (Å²) in [4.78, 5) is 30.0. The first-order valence-corrected chi connectivity index (χ1v) is 9.24. The zero-order chi connectivity index (χ0) is 20.3. The van der Waals surface area contributed by atoms with Crippen molar-refractivity contribution in [2.45, 2.75) is 26.0 Å². The molecule has 9 nitrogen and oxygen atoms in total. The van der Waals surface area contributed by atoms with Gasteiger partial charge in [-0.3, -0.25) is 14.4 Å². The Kier molecular flexibility index (Phi) is 6.05. The third-order valence-corrected chi connectivity index (χ3v) is 4.94. The summed E-state index contributed by atoms with van der Waals surface area (Å²) in [5.41, 5.74) is 1.62. The van der Waals surface area contributed by atoms with Gasteiger partial charge in [-0.15, -0.1) is 0 Å². The summed E-state index contributed by atoms with van der Waals surface area (Å²) >= 11 is 0. The lowest BCUT2D eigenvalue weighted by Crippen LogP contribution is -2.49. The number of carboxylic acid groups (broad SMARTS) is 1. The molecule has 0 aliphatic carbocycles. The molecule has 0 spiro atoms. The summed E-state index contributed by atoms with van der Waals surface area (Å²) in [6.07, 6.45) is 3.57. The van der Waals surface area contributed by atoms with Gasteiger partial charge >= 0.3 is 5.97 Å². The van der Waals surface area contributed by atoms with Crippen LogP contribution in [0.3, 0.4) is 0 Å². The third kappa shape index (κ3) is 4.20. The smallest absolute Gasteiger partial charge is 0.337 e.